The first kappa shape index (κ1) is 11.8. The largest absolute Gasteiger partial charge is 0.496 e. The first-order chi connectivity index (χ1) is 7.70. The van der Waals surface area contributed by atoms with Crippen molar-refractivity contribution in [1.29, 1.82) is 0 Å². The number of hydrogen-bond acceptors (Lipinski definition) is 2. The van der Waals surface area contributed by atoms with Crippen molar-refractivity contribution >= 4 is 23.2 Å². The second kappa shape index (κ2) is 5.09. The first-order valence-corrected chi connectivity index (χ1v) is 5.98. The van der Waals surface area contributed by atoms with Crippen LogP contribution in [0.4, 0.5) is 0 Å². The molecule has 0 aliphatic carbocycles. The van der Waals surface area contributed by atoms with Gasteiger partial charge in [0.15, 0.2) is 0 Å². The third kappa shape index (κ3) is 2.34. The lowest BCUT2D eigenvalue weighted by molar-refractivity contribution is 0.176. The topological polar surface area (TPSA) is 35.2 Å². The molecule has 1 unspecified atom stereocenters. The average molecular weight is 258 g/mol. The average Bonchev–Trinajstić information content (AvgIpc) is 2.30. The van der Waals surface area contributed by atoms with Crippen molar-refractivity contribution in [2.45, 2.75) is 18.9 Å². The number of benzene rings is 1. The molecule has 2 rings (SSSR count). The number of nitrogens with two attached hydrogens (primary N) is 1. The van der Waals surface area contributed by atoms with Crippen LogP contribution in [0.15, 0.2) is 30.0 Å². The van der Waals surface area contributed by atoms with Crippen LogP contribution in [0, 0.1) is 0 Å². The van der Waals surface area contributed by atoms with E-state index in [0.29, 0.717) is 16.7 Å². The minimum absolute atomic E-state index is 0.374. The van der Waals surface area contributed by atoms with Crippen molar-refractivity contribution in [3.05, 3.63) is 45.6 Å². The van der Waals surface area contributed by atoms with Crippen LogP contribution < -0.4 is 5.73 Å². The molecule has 4 heteroatoms. The molecule has 0 fully saturated rings. The van der Waals surface area contributed by atoms with Crippen molar-refractivity contribution < 1.29 is 4.74 Å². The van der Waals surface area contributed by atoms with Crippen molar-refractivity contribution in [3.63, 3.8) is 0 Å². The summed E-state index contributed by atoms with van der Waals surface area (Å²) in [6.07, 6.45) is 4.03. The first-order valence-electron chi connectivity index (χ1n) is 5.22. The minimum Gasteiger partial charge on any atom is -0.496 e. The van der Waals surface area contributed by atoms with Crippen LogP contribution in [-0.2, 0) is 4.74 Å². The Labute approximate surface area is 105 Å². The van der Waals surface area contributed by atoms with Gasteiger partial charge in [-0.1, -0.05) is 29.3 Å². The third-order valence-electron chi connectivity index (χ3n) is 2.58. The highest BCUT2D eigenvalue weighted by atomic mass is 35.5. The molecule has 1 aliphatic heterocycles. The van der Waals surface area contributed by atoms with Crippen molar-refractivity contribution in [2.24, 2.45) is 5.73 Å². The Hall–Kier alpha value is -0.700. The van der Waals surface area contributed by atoms with Crippen molar-refractivity contribution in [3.8, 4) is 0 Å². The fourth-order valence-electron chi connectivity index (χ4n) is 1.74. The number of rotatable bonds is 2. The van der Waals surface area contributed by atoms with Crippen LogP contribution in [0.1, 0.15) is 24.4 Å². The van der Waals surface area contributed by atoms with E-state index in [9.17, 15) is 0 Å². The van der Waals surface area contributed by atoms with E-state index in [2.05, 4.69) is 0 Å². The lowest BCUT2D eigenvalue weighted by atomic mass is 10.0. The van der Waals surface area contributed by atoms with Gasteiger partial charge in [-0.05, 0) is 31.1 Å². The van der Waals surface area contributed by atoms with Crippen LogP contribution in [0.25, 0.3) is 0 Å². The second-order valence-corrected chi connectivity index (χ2v) is 4.52. The molecular weight excluding hydrogens is 245 g/mol. The molecule has 0 amide bonds. The Morgan fingerprint density at radius 2 is 1.94 bits per heavy atom. The van der Waals surface area contributed by atoms with Crippen LogP contribution in [0.5, 0.6) is 0 Å². The molecule has 0 spiro atoms. The van der Waals surface area contributed by atoms with E-state index in [1.54, 1.807) is 18.2 Å². The summed E-state index contributed by atoms with van der Waals surface area (Å²) in [5.74, 6) is 0.765. The Kier molecular flexibility index (Phi) is 3.74. The number of halogens is 2. The van der Waals surface area contributed by atoms with Gasteiger partial charge in [0.05, 0.1) is 12.6 Å². The van der Waals surface area contributed by atoms with Gasteiger partial charge in [-0.15, -0.1) is 0 Å². The summed E-state index contributed by atoms with van der Waals surface area (Å²) in [6.45, 7) is 0.710. The fourth-order valence-corrected chi connectivity index (χ4v) is 2.38. The SMILES string of the molecule is NC(C1=CCCCO1)c1c(Cl)cccc1Cl. The summed E-state index contributed by atoms with van der Waals surface area (Å²) in [7, 11) is 0. The number of ether oxygens (including phenoxy) is 1. The van der Waals surface area contributed by atoms with Gasteiger partial charge in [0.2, 0.25) is 0 Å². The molecular formula is C12H13Cl2NO. The second-order valence-electron chi connectivity index (χ2n) is 3.71. The van der Waals surface area contributed by atoms with Gasteiger partial charge in [-0.3, -0.25) is 0 Å². The van der Waals surface area contributed by atoms with Gasteiger partial charge in [-0.25, -0.2) is 0 Å². The standard InChI is InChI=1S/C12H13Cl2NO/c13-8-4-3-5-9(14)11(8)12(15)10-6-1-2-7-16-10/h3-6,12H,1-2,7,15H2. The molecule has 1 aromatic carbocycles. The van der Waals surface area contributed by atoms with E-state index in [-0.39, 0.29) is 6.04 Å². The van der Waals surface area contributed by atoms with Gasteiger partial charge in [0.25, 0.3) is 0 Å². The van der Waals surface area contributed by atoms with Crippen molar-refractivity contribution in [2.75, 3.05) is 6.61 Å². The molecule has 86 valence electrons. The number of allylic oxidation sites excluding steroid dienone is 1. The minimum atomic E-state index is -0.374. The Morgan fingerprint density at radius 1 is 1.25 bits per heavy atom. The van der Waals surface area contributed by atoms with Crippen LogP contribution in [0.3, 0.4) is 0 Å². The lowest BCUT2D eigenvalue weighted by Crippen LogP contribution is -2.18. The summed E-state index contributed by atoms with van der Waals surface area (Å²) >= 11 is 12.2. The van der Waals surface area contributed by atoms with Crippen LogP contribution in [0.2, 0.25) is 10.0 Å². The molecule has 2 nitrogen and oxygen atoms in total. The fraction of sp³-hybridized carbons (Fsp3) is 0.333. The summed E-state index contributed by atoms with van der Waals surface area (Å²) in [5.41, 5.74) is 6.84. The van der Waals surface area contributed by atoms with E-state index in [1.807, 2.05) is 6.08 Å². The van der Waals surface area contributed by atoms with E-state index in [4.69, 9.17) is 33.7 Å². The summed E-state index contributed by atoms with van der Waals surface area (Å²) in [5, 5.41) is 1.16. The molecule has 0 bridgehead atoms. The predicted molar refractivity (Wildman–Crippen MR) is 66.7 cm³/mol. The molecule has 2 N–H and O–H groups in total. The van der Waals surface area contributed by atoms with Crippen molar-refractivity contribution in [1.82, 2.24) is 0 Å². The summed E-state index contributed by atoms with van der Waals surface area (Å²) < 4.78 is 5.52. The van der Waals surface area contributed by atoms with E-state index in [0.717, 1.165) is 24.2 Å². The zero-order valence-corrected chi connectivity index (χ0v) is 10.3. The van der Waals surface area contributed by atoms with Crippen LogP contribution in [-0.4, -0.2) is 6.61 Å². The molecule has 1 heterocycles. The zero-order valence-electron chi connectivity index (χ0n) is 8.75. The van der Waals surface area contributed by atoms with Gasteiger partial charge < -0.3 is 10.5 Å². The monoisotopic (exact) mass is 257 g/mol. The van der Waals surface area contributed by atoms with Gasteiger partial charge in [0, 0.05) is 15.6 Å². The molecule has 0 saturated heterocycles. The third-order valence-corrected chi connectivity index (χ3v) is 3.24. The Balaban J connectivity index is 2.33. The zero-order chi connectivity index (χ0) is 11.5. The molecule has 16 heavy (non-hydrogen) atoms. The smallest absolute Gasteiger partial charge is 0.113 e. The predicted octanol–water partition coefficient (Wildman–Crippen LogP) is 3.69. The van der Waals surface area contributed by atoms with Gasteiger partial charge in [0.1, 0.15) is 5.76 Å². The Bertz CT molecular complexity index is 397. The Morgan fingerprint density at radius 3 is 2.50 bits per heavy atom. The van der Waals surface area contributed by atoms with Gasteiger partial charge in [-0.2, -0.15) is 0 Å². The quantitative estimate of drug-likeness (QED) is 0.878. The summed E-state index contributed by atoms with van der Waals surface area (Å²) in [6, 6.07) is 5.00. The molecule has 1 aromatic rings. The maximum atomic E-state index is 6.11. The van der Waals surface area contributed by atoms with E-state index in [1.165, 1.54) is 0 Å². The molecule has 0 aromatic heterocycles. The highest BCUT2D eigenvalue weighted by Crippen LogP contribution is 2.34. The van der Waals surface area contributed by atoms with Gasteiger partial charge >= 0.3 is 0 Å². The lowest BCUT2D eigenvalue weighted by Gasteiger charge is -2.22. The molecule has 0 saturated carbocycles. The van der Waals surface area contributed by atoms with E-state index < -0.39 is 0 Å². The highest BCUT2D eigenvalue weighted by Gasteiger charge is 2.20. The number of hydrogen-bond donors (Lipinski definition) is 1. The normalized spacial score (nSPS) is 17.6. The maximum absolute atomic E-state index is 6.11. The molecule has 1 aliphatic rings. The highest BCUT2D eigenvalue weighted by molar-refractivity contribution is 6.36. The maximum Gasteiger partial charge on any atom is 0.113 e. The van der Waals surface area contributed by atoms with E-state index >= 15 is 0 Å². The van der Waals surface area contributed by atoms with Crippen LogP contribution >= 0.6 is 23.2 Å². The molecule has 0 radical (unpaired) electrons. The summed E-state index contributed by atoms with van der Waals surface area (Å²) in [4.78, 5) is 0. The molecule has 1 atom stereocenters.